The Hall–Kier alpha value is -1.71. The molecule has 2 aromatic carbocycles. The highest BCUT2D eigenvalue weighted by Gasteiger charge is 2.11. The summed E-state index contributed by atoms with van der Waals surface area (Å²) in [6.45, 7) is 1.72. The molecular weight excluding hydrogens is 274 g/mol. The summed E-state index contributed by atoms with van der Waals surface area (Å²) in [6.07, 6.45) is -0.524. The van der Waals surface area contributed by atoms with Gasteiger partial charge in [0.15, 0.2) is 0 Å². The molecule has 0 radical (unpaired) electrons. The fourth-order valence-electron chi connectivity index (χ4n) is 2.01. The van der Waals surface area contributed by atoms with Crippen molar-refractivity contribution in [1.29, 1.82) is 0 Å². The Labute approximate surface area is 124 Å². The van der Waals surface area contributed by atoms with E-state index in [0.29, 0.717) is 5.02 Å². The van der Waals surface area contributed by atoms with Gasteiger partial charge in [-0.2, -0.15) is 0 Å². The highest BCUT2D eigenvalue weighted by atomic mass is 35.5. The van der Waals surface area contributed by atoms with Crippen molar-refractivity contribution in [3.05, 3.63) is 53.1 Å². The average molecular weight is 292 g/mol. The average Bonchev–Trinajstić information content (AvgIpc) is 2.46. The first kappa shape index (κ1) is 14.7. The molecule has 2 rings (SSSR count). The number of halogens is 1. The van der Waals surface area contributed by atoms with Gasteiger partial charge in [-0.25, -0.2) is 0 Å². The molecule has 0 fully saturated rings. The van der Waals surface area contributed by atoms with Gasteiger partial charge in [0.2, 0.25) is 0 Å². The zero-order valence-corrected chi connectivity index (χ0v) is 12.6. The van der Waals surface area contributed by atoms with Crippen LogP contribution in [0.1, 0.15) is 18.6 Å². The number of nitrogens with zero attached hydrogens (tertiary/aromatic N) is 1. The predicted octanol–water partition coefficient (Wildman–Crippen LogP) is 4.17. The van der Waals surface area contributed by atoms with E-state index < -0.39 is 6.10 Å². The van der Waals surface area contributed by atoms with Gasteiger partial charge in [-0.1, -0.05) is 23.7 Å². The number of methoxy groups -OCH3 is 1. The SMILES string of the molecule is COc1cccc(N(C)c2ccc([C@H](C)O)cc2Cl)c1. The lowest BCUT2D eigenvalue weighted by molar-refractivity contribution is 0.199. The Bertz CT molecular complexity index is 599. The molecule has 0 amide bonds. The van der Waals surface area contributed by atoms with E-state index in [-0.39, 0.29) is 0 Å². The first-order chi connectivity index (χ1) is 9.52. The quantitative estimate of drug-likeness (QED) is 0.918. The number of ether oxygens (including phenoxy) is 1. The van der Waals surface area contributed by atoms with Crippen molar-refractivity contribution in [3.63, 3.8) is 0 Å². The second-order valence-corrected chi connectivity index (χ2v) is 5.05. The number of hydrogen-bond donors (Lipinski definition) is 1. The van der Waals surface area contributed by atoms with Gasteiger partial charge in [-0.05, 0) is 36.8 Å². The van der Waals surface area contributed by atoms with Gasteiger partial charge in [-0.15, -0.1) is 0 Å². The number of hydrogen-bond acceptors (Lipinski definition) is 3. The molecule has 0 aliphatic rings. The van der Waals surface area contributed by atoms with Crippen molar-refractivity contribution in [3.8, 4) is 5.75 Å². The molecule has 106 valence electrons. The maximum Gasteiger partial charge on any atom is 0.120 e. The van der Waals surface area contributed by atoms with Crippen LogP contribution in [0.2, 0.25) is 5.02 Å². The van der Waals surface area contributed by atoms with Crippen LogP contribution in [0.5, 0.6) is 5.75 Å². The zero-order valence-electron chi connectivity index (χ0n) is 11.8. The summed E-state index contributed by atoms with van der Waals surface area (Å²) in [5.41, 5.74) is 2.66. The summed E-state index contributed by atoms with van der Waals surface area (Å²) in [4.78, 5) is 1.98. The molecule has 1 N–H and O–H groups in total. The summed E-state index contributed by atoms with van der Waals surface area (Å²) in [6, 6.07) is 13.3. The van der Waals surface area contributed by atoms with E-state index in [4.69, 9.17) is 16.3 Å². The molecule has 0 heterocycles. The monoisotopic (exact) mass is 291 g/mol. The van der Waals surface area contributed by atoms with Gasteiger partial charge in [0.25, 0.3) is 0 Å². The van der Waals surface area contributed by atoms with E-state index in [2.05, 4.69) is 0 Å². The molecule has 20 heavy (non-hydrogen) atoms. The third-order valence-electron chi connectivity index (χ3n) is 3.26. The summed E-state index contributed by atoms with van der Waals surface area (Å²) >= 11 is 6.31. The van der Waals surface area contributed by atoms with Gasteiger partial charge in [0.05, 0.1) is 23.9 Å². The molecule has 0 saturated heterocycles. The van der Waals surface area contributed by atoms with Gasteiger partial charge in [-0.3, -0.25) is 0 Å². The van der Waals surface area contributed by atoms with Crippen LogP contribution in [0.15, 0.2) is 42.5 Å². The van der Waals surface area contributed by atoms with Gasteiger partial charge in [0.1, 0.15) is 5.75 Å². The number of rotatable bonds is 4. The van der Waals surface area contributed by atoms with E-state index in [1.807, 2.05) is 48.3 Å². The van der Waals surface area contributed by atoms with Crippen LogP contribution in [0.25, 0.3) is 0 Å². The van der Waals surface area contributed by atoms with E-state index in [9.17, 15) is 5.11 Å². The van der Waals surface area contributed by atoms with Crippen molar-refractivity contribution in [2.24, 2.45) is 0 Å². The molecule has 0 bridgehead atoms. The highest BCUT2D eigenvalue weighted by Crippen LogP contribution is 2.33. The topological polar surface area (TPSA) is 32.7 Å². The summed E-state index contributed by atoms with van der Waals surface area (Å²) < 4.78 is 5.23. The number of aliphatic hydroxyl groups excluding tert-OH is 1. The maximum absolute atomic E-state index is 9.57. The van der Waals surface area contributed by atoms with Crippen molar-refractivity contribution < 1.29 is 9.84 Å². The molecule has 0 aliphatic carbocycles. The Morgan fingerprint density at radius 1 is 1.20 bits per heavy atom. The molecule has 0 aliphatic heterocycles. The minimum absolute atomic E-state index is 0.524. The fraction of sp³-hybridized carbons (Fsp3) is 0.250. The second kappa shape index (κ2) is 6.16. The summed E-state index contributed by atoms with van der Waals surface area (Å²) in [7, 11) is 3.58. The third-order valence-corrected chi connectivity index (χ3v) is 3.56. The fourth-order valence-corrected chi connectivity index (χ4v) is 2.33. The maximum atomic E-state index is 9.57. The first-order valence-electron chi connectivity index (χ1n) is 6.38. The lowest BCUT2D eigenvalue weighted by Crippen LogP contribution is -2.10. The molecule has 0 aromatic heterocycles. The van der Waals surface area contributed by atoms with Gasteiger partial charge in [0, 0.05) is 18.8 Å². The van der Waals surface area contributed by atoms with Crippen LogP contribution in [-0.2, 0) is 0 Å². The molecule has 2 aromatic rings. The van der Waals surface area contributed by atoms with E-state index in [1.165, 1.54) is 0 Å². The van der Waals surface area contributed by atoms with Crippen LogP contribution >= 0.6 is 11.6 Å². The molecular formula is C16H18ClNO2. The summed E-state index contributed by atoms with van der Waals surface area (Å²) in [5, 5.41) is 10.2. The second-order valence-electron chi connectivity index (χ2n) is 4.65. The third kappa shape index (κ3) is 3.06. The van der Waals surface area contributed by atoms with E-state index in [0.717, 1.165) is 22.7 Å². The van der Waals surface area contributed by atoms with Crippen molar-refractivity contribution in [2.45, 2.75) is 13.0 Å². The van der Waals surface area contributed by atoms with Crippen LogP contribution < -0.4 is 9.64 Å². The van der Waals surface area contributed by atoms with Crippen LogP contribution in [0, 0.1) is 0 Å². The smallest absolute Gasteiger partial charge is 0.120 e. The molecule has 0 unspecified atom stereocenters. The number of aliphatic hydroxyl groups is 1. The van der Waals surface area contributed by atoms with Crippen molar-refractivity contribution >= 4 is 23.0 Å². The largest absolute Gasteiger partial charge is 0.497 e. The van der Waals surface area contributed by atoms with Gasteiger partial charge < -0.3 is 14.7 Å². The highest BCUT2D eigenvalue weighted by molar-refractivity contribution is 6.33. The number of anilines is 2. The molecule has 1 atom stereocenters. The number of benzene rings is 2. The van der Waals surface area contributed by atoms with Crippen molar-refractivity contribution in [1.82, 2.24) is 0 Å². The minimum Gasteiger partial charge on any atom is -0.497 e. The van der Waals surface area contributed by atoms with E-state index >= 15 is 0 Å². The lowest BCUT2D eigenvalue weighted by atomic mass is 10.1. The van der Waals surface area contributed by atoms with Gasteiger partial charge >= 0.3 is 0 Å². The molecule has 0 saturated carbocycles. The molecule has 0 spiro atoms. The Kier molecular flexibility index (Phi) is 4.53. The summed E-state index contributed by atoms with van der Waals surface area (Å²) in [5.74, 6) is 0.797. The standard InChI is InChI=1S/C16H18ClNO2/c1-11(19)12-7-8-16(15(17)9-12)18(2)13-5-4-6-14(10-13)20-3/h4-11,19H,1-3H3/t11-/m0/s1. The van der Waals surface area contributed by atoms with Crippen LogP contribution in [0.3, 0.4) is 0 Å². The van der Waals surface area contributed by atoms with Crippen molar-refractivity contribution in [2.75, 3.05) is 19.1 Å². The van der Waals surface area contributed by atoms with Crippen LogP contribution in [0.4, 0.5) is 11.4 Å². The normalized spacial score (nSPS) is 12.1. The Balaban J connectivity index is 2.35. The first-order valence-corrected chi connectivity index (χ1v) is 6.76. The lowest BCUT2D eigenvalue weighted by Gasteiger charge is -2.22. The van der Waals surface area contributed by atoms with E-state index in [1.54, 1.807) is 20.1 Å². The Morgan fingerprint density at radius 3 is 2.55 bits per heavy atom. The molecule has 3 nitrogen and oxygen atoms in total. The van der Waals surface area contributed by atoms with Crippen LogP contribution in [-0.4, -0.2) is 19.3 Å². The molecule has 4 heteroatoms. The predicted molar refractivity (Wildman–Crippen MR) is 83.1 cm³/mol. The Morgan fingerprint density at radius 2 is 1.95 bits per heavy atom. The zero-order chi connectivity index (χ0) is 14.7. The minimum atomic E-state index is -0.524.